The summed E-state index contributed by atoms with van der Waals surface area (Å²) < 4.78 is 2.39. The van der Waals surface area contributed by atoms with E-state index in [1.54, 1.807) is 0 Å². The van der Waals surface area contributed by atoms with E-state index in [-0.39, 0.29) is 0 Å². The van der Waals surface area contributed by atoms with Crippen LogP contribution in [0.15, 0.2) is 54.9 Å². The zero-order valence-corrected chi connectivity index (χ0v) is 16.7. The Morgan fingerprint density at radius 3 is 2.61 bits per heavy atom. The lowest BCUT2D eigenvalue weighted by Crippen LogP contribution is -2.36. The first kappa shape index (κ1) is 17.5. The third kappa shape index (κ3) is 2.93. The van der Waals surface area contributed by atoms with Gasteiger partial charge in [-0.1, -0.05) is 30.3 Å². The van der Waals surface area contributed by atoms with Gasteiger partial charge in [0, 0.05) is 41.9 Å². The van der Waals surface area contributed by atoms with Crippen LogP contribution in [0.2, 0.25) is 0 Å². The van der Waals surface area contributed by atoms with Gasteiger partial charge in [-0.2, -0.15) is 0 Å². The molecule has 4 aromatic rings. The first-order valence-electron chi connectivity index (χ1n) is 10.2. The molecule has 2 aromatic carbocycles. The van der Waals surface area contributed by atoms with Gasteiger partial charge in [0.1, 0.15) is 0 Å². The standard InChI is InChI=1S/C13H16N2.C11H12N2/c1-14(2)12-8-11-5-3-4-10-6-7-15(9-12)13(10)11;12-9-4-7-2-1-3-10-11(7)8(5-9)6-13-10/h3-7,12H,8-9H2,1-2H3;1-3,6,9,13H,4-5,12H2. The van der Waals surface area contributed by atoms with Crippen molar-refractivity contribution in [3.05, 3.63) is 71.5 Å². The van der Waals surface area contributed by atoms with Crippen molar-refractivity contribution >= 4 is 21.8 Å². The molecule has 1 aliphatic heterocycles. The van der Waals surface area contributed by atoms with Crippen LogP contribution in [-0.2, 0) is 25.8 Å². The monoisotopic (exact) mass is 372 g/mol. The van der Waals surface area contributed by atoms with Crippen LogP contribution in [0.5, 0.6) is 0 Å². The van der Waals surface area contributed by atoms with E-state index in [1.165, 1.54) is 44.9 Å². The highest BCUT2D eigenvalue weighted by Crippen LogP contribution is 2.29. The predicted molar refractivity (Wildman–Crippen MR) is 117 cm³/mol. The summed E-state index contributed by atoms with van der Waals surface area (Å²) in [4.78, 5) is 5.61. The van der Waals surface area contributed by atoms with Gasteiger partial charge < -0.3 is 20.2 Å². The molecule has 28 heavy (non-hydrogen) atoms. The minimum absolute atomic E-state index is 0.300. The van der Waals surface area contributed by atoms with Gasteiger partial charge in [0.15, 0.2) is 0 Å². The van der Waals surface area contributed by atoms with E-state index in [0.717, 1.165) is 19.4 Å². The van der Waals surface area contributed by atoms with E-state index < -0.39 is 0 Å². The Hall–Kier alpha value is -2.56. The van der Waals surface area contributed by atoms with Crippen molar-refractivity contribution in [1.29, 1.82) is 0 Å². The summed E-state index contributed by atoms with van der Waals surface area (Å²) in [6, 6.07) is 16.2. The van der Waals surface area contributed by atoms with E-state index in [2.05, 4.69) is 83.4 Å². The lowest BCUT2D eigenvalue weighted by molar-refractivity contribution is 0.258. The number of hydrogen-bond acceptors (Lipinski definition) is 2. The molecule has 0 bridgehead atoms. The molecule has 3 heterocycles. The van der Waals surface area contributed by atoms with E-state index in [9.17, 15) is 0 Å². The third-order valence-corrected chi connectivity index (χ3v) is 6.30. The first-order chi connectivity index (χ1) is 13.6. The number of likely N-dealkylation sites (N-methyl/N-ethyl adjacent to an activating group) is 1. The Kier molecular flexibility index (Phi) is 4.26. The average Bonchev–Trinajstić information content (AvgIpc) is 3.29. The van der Waals surface area contributed by atoms with E-state index in [1.807, 2.05) is 0 Å². The summed E-state index contributed by atoms with van der Waals surface area (Å²) in [6.07, 6.45) is 7.50. The number of H-pyrrole nitrogens is 1. The molecule has 4 heteroatoms. The van der Waals surface area contributed by atoms with E-state index in [4.69, 9.17) is 5.73 Å². The number of nitrogens with zero attached hydrogens (tertiary/aromatic N) is 2. The van der Waals surface area contributed by atoms with Gasteiger partial charge in [0.05, 0.1) is 5.52 Å². The lowest BCUT2D eigenvalue weighted by atomic mass is 9.90. The number of nitrogens with two attached hydrogens (primary N) is 1. The molecule has 2 unspecified atom stereocenters. The summed E-state index contributed by atoms with van der Waals surface area (Å²) in [6.45, 7) is 1.12. The van der Waals surface area contributed by atoms with Gasteiger partial charge >= 0.3 is 0 Å². The second-order valence-corrected chi connectivity index (χ2v) is 8.47. The highest BCUT2D eigenvalue weighted by atomic mass is 15.1. The van der Waals surface area contributed by atoms with Crippen LogP contribution in [0.1, 0.15) is 16.7 Å². The highest BCUT2D eigenvalue weighted by molar-refractivity contribution is 5.87. The van der Waals surface area contributed by atoms with E-state index >= 15 is 0 Å². The molecule has 144 valence electrons. The Morgan fingerprint density at radius 1 is 0.964 bits per heavy atom. The third-order valence-electron chi connectivity index (χ3n) is 6.30. The fourth-order valence-corrected chi connectivity index (χ4v) is 4.85. The summed E-state index contributed by atoms with van der Waals surface area (Å²) in [5, 5.41) is 2.79. The van der Waals surface area contributed by atoms with Crippen LogP contribution in [0.25, 0.3) is 21.8 Å². The van der Waals surface area contributed by atoms with Crippen LogP contribution in [-0.4, -0.2) is 40.6 Å². The van der Waals surface area contributed by atoms with Gasteiger partial charge in [0.25, 0.3) is 0 Å². The fraction of sp³-hybridized carbons (Fsp3) is 0.333. The number of aromatic nitrogens is 2. The summed E-state index contributed by atoms with van der Waals surface area (Å²) >= 11 is 0. The molecule has 0 fully saturated rings. The molecule has 2 aromatic heterocycles. The van der Waals surface area contributed by atoms with Crippen molar-refractivity contribution in [3.8, 4) is 0 Å². The SMILES string of the molecule is CN(C)C1Cc2cccc3ccn(c23)C1.NC1Cc2cccc3[nH]cc(c23)C1. The van der Waals surface area contributed by atoms with Crippen molar-refractivity contribution in [2.45, 2.75) is 37.9 Å². The predicted octanol–water partition coefficient (Wildman–Crippen LogP) is 3.72. The molecule has 0 saturated heterocycles. The molecule has 0 amide bonds. The Morgan fingerprint density at radius 2 is 1.75 bits per heavy atom. The molecule has 3 N–H and O–H groups in total. The molecule has 0 saturated carbocycles. The summed E-state index contributed by atoms with van der Waals surface area (Å²) in [7, 11) is 4.33. The van der Waals surface area contributed by atoms with Crippen molar-refractivity contribution in [3.63, 3.8) is 0 Å². The molecule has 1 aliphatic carbocycles. The van der Waals surface area contributed by atoms with Crippen molar-refractivity contribution in [2.75, 3.05) is 14.1 Å². The molecular formula is C24H28N4. The lowest BCUT2D eigenvalue weighted by Gasteiger charge is -2.29. The second-order valence-electron chi connectivity index (χ2n) is 8.47. The summed E-state index contributed by atoms with van der Waals surface area (Å²) in [5.74, 6) is 0. The number of nitrogens with one attached hydrogen (secondary N) is 1. The molecular weight excluding hydrogens is 344 g/mol. The zero-order chi connectivity index (χ0) is 19.3. The van der Waals surface area contributed by atoms with Gasteiger partial charge in [-0.15, -0.1) is 0 Å². The molecule has 4 nitrogen and oxygen atoms in total. The maximum Gasteiger partial charge on any atom is 0.0513 e. The minimum atomic E-state index is 0.300. The van der Waals surface area contributed by atoms with Crippen molar-refractivity contribution in [1.82, 2.24) is 14.5 Å². The second kappa shape index (κ2) is 6.80. The Bertz CT molecular complexity index is 1130. The van der Waals surface area contributed by atoms with Crippen LogP contribution in [0.4, 0.5) is 0 Å². The Labute approximate surface area is 165 Å². The van der Waals surface area contributed by atoms with Crippen LogP contribution < -0.4 is 5.73 Å². The van der Waals surface area contributed by atoms with Crippen molar-refractivity contribution < 1.29 is 0 Å². The molecule has 2 aliphatic rings. The summed E-state index contributed by atoms with van der Waals surface area (Å²) in [5.41, 5.74) is 12.9. The normalized spacial score (nSPS) is 20.4. The van der Waals surface area contributed by atoms with E-state index in [0.29, 0.717) is 12.1 Å². The quantitative estimate of drug-likeness (QED) is 0.535. The van der Waals surface area contributed by atoms with Crippen LogP contribution >= 0.6 is 0 Å². The van der Waals surface area contributed by atoms with Gasteiger partial charge in [0.2, 0.25) is 0 Å². The number of aromatic amines is 1. The number of hydrogen-bond donors (Lipinski definition) is 2. The molecule has 2 atom stereocenters. The molecule has 0 spiro atoms. The van der Waals surface area contributed by atoms with Crippen molar-refractivity contribution in [2.24, 2.45) is 5.73 Å². The first-order valence-corrected chi connectivity index (χ1v) is 10.2. The minimum Gasteiger partial charge on any atom is -0.361 e. The maximum absolute atomic E-state index is 5.97. The molecule has 0 radical (unpaired) electrons. The molecule has 6 rings (SSSR count). The zero-order valence-electron chi connectivity index (χ0n) is 16.7. The topological polar surface area (TPSA) is 50.0 Å². The van der Waals surface area contributed by atoms with Gasteiger partial charge in [-0.3, -0.25) is 0 Å². The van der Waals surface area contributed by atoms with Gasteiger partial charge in [-0.05, 0) is 67.6 Å². The Balaban J connectivity index is 0.000000123. The highest BCUT2D eigenvalue weighted by Gasteiger charge is 2.21. The van der Waals surface area contributed by atoms with Crippen LogP contribution in [0.3, 0.4) is 0 Å². The maximum atomic E-state index is 5.97. The number of benzene rings is 2. The van der Waals surface area contributed by atoms with Crippen LogP contribution in [0, 0.1) is 0 Å². The smallest absolute Gasteiger partial charge is 0.0513 e. The van der Waals surface area contributed by atoms with Gasteiger partial charge in [-0.25, -0.2) is 0 Å². The average molecular weight is 373 g/mol. The largest absolute Gasteiger partial charge is 0.361 e. The fourth-order valence-electron chi connectivity index (χ4n) is 4.85. The number of para-hydroxylation sites is 1. The number of rotatable bonds is 1.